The Morgan fingerprint density at radius 2 is 2.21 bits per heavy atom. The van der Waals surface area contributed by atoms with Gasteiger partial charge in [0, 0.05) is 13.5 Å². The van der Waals surface area contributed by atoms with Crippen molar-refractivity contribution in [2.45, 2.75) is 12.5 Å². The van der Waals surface area contributed by atoms with E-state index in [1.807, 2.05) is 0 Å². The van der Waals surface area contributed by atoms with Gasteiger partial charge in [-0.3, -0.25) is 4.79 Å². The van der Waals surface area contributed by atoms with Crippen molar-refractivity contribution < 1.29 is 19.4 Å². The van der Waals surface area contributed by atoms with Crippen LogP contribution in [0.2, 0.25) is 0 Å². The largest absolute Gasteiger partial charge is 0.480 e. The lowest BCUT2D eigenvalue weighted by Gasteiger charge is -2.13. The molecule has 80 valence electrons. The van der Waals surface area contributed by atoms with Gasteiger partial charge < -0.3 is 15.2 Å². The number of aliphatic carboxylic acids is 1. The Hall–Kier alpha value is -0.880. The van der Waals surface area contributed by atoms with Gasteiger partial charge in [0.05, 0.1) is 0 Å². The van der Waals surface area contributed by atoms with Crippen molar-refractivity contribution in [3.05, 3.63) is 11.1 Å². The molecule has 1 atom stereocenters. The SMILES string of the molecule is C=C(Br)C[C@H](NC(=O)COC)C(=O)O. The van der Waals surface area contributed by atoms with Crippen LogP contribution in [0.25, 0.3) is 0 Å². The highest BCUT2D eigenvalue weighted by Gasteiger charge is 2.19. The molecule has 0 aromatic carbocycles. The highest BCUT2D eigenvalue weighted by atomic mass is 79.9. The molecule has 0 aliphatic carbocycles. The zero-order valence-electron chi connectivity index (χ0n) is 7.75. The Kier molecular flexibility index (Phi) is 6.14. The van der Waals surface area contributed by atoms with E-state index >= 15 is 0 Å². The van der Waals surface area contributed by atoms with Crippen LogP contribution in [0.4, 0.5) is 0 Å². The summed E-state index contributed by atoms with van der Waals surface area (Å²) in [5.41, 5.74) is 0. The summed E-state index contributed by atoms with van der Waals surface area (Å²) in [5.74, 6) is -1.57. The highest BCUT2D eigenvalue weighted by molar-refractivity contribution is 9.11. The molecular weight excluding hydrogens is 254 g/mol. The van der Waals surface area contributed by atoms with Gasteiger partial charge in [0.25, 0.3) is 0 Å². The first kappa shape index (κ1) is 13.1. The fourth-order valence-corrected chi connectivity index (χ4v) is 1.11. The Bertz CT molecular complexity index is 241. The van der Waals surface area contributed by atoms with Crippen molar-refractivity contribution in [3.8, 4) is 0 Å². The number of carbonyl (C=O) groups is 2. The van der Waals surface area contributed by atoms with E-state index in [1.54, 1.807) is 0 Å². The van der Waals surface area contributed by atoms with Crippen LogP contribution >= 0.6 is 15.9 Å². The number of nitrogens with one attached hydrogen (secondary N) is 1. The summed E-state index contributed by atoms with van der Waals surface area (Å²) in [7, 11) is 1.36. The van der Waals surface area contributed by atoms with Crippen molar-refractivity contribution >= 4 is 27.8 Å². The minimum Gasteiger partial charge on any atom is -0.480 e. The van der Waals surface area contributed by atoms with Crippen molar-refractivity contribution in [2.75, 3.05) is 13.7 Å². The second-order valence-corrected chi connectivity index (χ2v) is 3.73. The summed E-state index contributed by atoms with van der Waals surface area (Å²) < 4.78 is 5.07. The zero-order chi connectivity index (χ0) is 11.1. The number of carboxylic acid groups (broad SMARTS) is 1. The van der Waals surface area contributed by atoms with E-state index in [-0.39, 0.29) is 13.0 Å². The predicted octanol–water partition coefficient (Wildman–Crippen LogP) is 0.501. The zero-order valence-corrected chi connectivity index (χ0v) is 9.33. The number of carboxylic acids is 1. The molecule has 0 saturated heterocycles. The van der Waals surface area contributed by atoms with Gasteiger partial charge >= 0.3 is 5.97 Å². The average Bonchev–Trinajstić information content (AvgIpc) is 2.02. The van der Waals surface area contributed by atoms with Crippen LogP contribution in [-0.2, 0) is 14.3 Å². The van der Waals surface area contributed by atoms with E-state index < -0.39 is 17.9 Å². The number of hydrogen-bond acceptors (Lipinski definition) is 3. The molecule has 0 aliphatic heterocycles. The first-order valence-electron chi connectivity index (χ1n) is 3.81. The number of amides is 1. The van der Waals surface area contributed by atoms with Gasteiger partial charge in [0.2, 0.25) is 5.91 Å². The standard InChI is InChI=1S/C8H12BrNO4/c1-5(9)3-6(8(12)13)10-7(11)4-14-2/h6H,1,3-4H2,2H3,(H,10,11)(H,12,13)/t6-/m0/s1. The molecule has 2 N–H and O–H groups in total. The lowest BCUT2D eigenvalue weighted by Crippen LogP contribution is -2.42. The molecule has 6 heteroatoms. The van der Waals surface area contributed by atoms with E-state index in [4.69, 9.17) is 5.11 Å². The van der Waals surface area contributed by atoms with E-state index in [1.165, 1.54) is 7.11 Å². The fourth-order valence-electron chi connectivity index (χ4n) is 0.789. The number of carbonyl (C=O) groups excluding carboxylic acids is 1. The molecule has 0 unspecified atom stereocenters. The molecule has 5 nitrogen and oxygen atoms in total. The Balaban J connectivity index is 4.16. The van der Waals surface area contributed by atoms with E-state index in [2.05, 4.69) is 32.6 Å². The van der Waals surface area contributed by atoms with Gasteiger partial charge in [0.15, 0.2) is 0 Å². The van der Waals surface area contributed by atoms with Crippen LogP contribution < -0.4 is 5.32 Å². The molecule has 0 aliphatic rings. The minimum absolute atomic E-state index is 0.144. The van der Waals surface area contributed by atoms with Crippen LogP contribution in [0, 0.1) is 0 Å². The molecule has 0 fully saturated rings. The summed E-state index contributed by atoms with van der Waals surface area (Å²) in [5, 5.41) is 11.0. The van der Waals surface area contributed by atoms with Crippen molar-refractivity contribution in [2.24, 2.45) is 0 Å². The number of hydrogen-bond donors (Lipinski definition) is 2. The summed E-state index contributed by atoms with van der Waals surface area (Å²) in [6.45, 7) is 3.35. The molecule has 0 aromatic rings. The Labute approximate surface area is 90.3 Å². The third kappa shape index (κ3) is 5.71. The molecule has 0 bridgehead atoms. The number of methoxy groups -OCH3 is 1. The lowest BCUT2D eigenvalue weighted by atomic mass is 10.2. The number of ether oxygens (including phenoxy) is 1. The van der Waals surface area contributed by atoms with Crippen LogP contribution in [0.1, 0.15) is 6.42 Å². The first-order valence-corrected chi connectivity index (χ1v) is 4.61. The third-order valence-electron chi connectivity index (χ3n) is 1.33. The molecule has 0 saturated carbocycles. The lowest BCUT2D eigenvalue weighted by molar-refractivity contribution is -0.142. The van der Waals surface area contributed by atoms with E-state index in [9.17, 15) is 9.59 Å². The topological polar surface area (TPSA) is 75.6 Å². The quantitative estimate of drug-likeness (QED) is 0.734. The summed E-state index contributed by atoms with van der Waals surface area (Å²) in [4.78, 5) is 21.7. The number of halogens is 1. The van der Waals surface area contributed by atoms with Crippen molar-refractivity contribution in [3.63, 3.8) is 0 Å². The number of rotatable bonds is 6. The maximum atomic E-state index is 11.0. The van der Waals surface area contributed by atoms with Gasteiger partial charge in [-0.1, -0.05) is 22.5 Å². The Morgan fingerprint density at radius 3 is 2.57 bits per heavy atom. The fraction of sp³-hybridized carbons (Fsp3) is 0.500. The molecule has 0 rings (SSSR count). The van der Waals surface area contributed by atoms with Crippen molar-refractivity contribution in [1.29, 1.82) is 0 Å². The van der Waals surface area contributed by atoms with Crippen LogP contribution in [-0.4, -0.2) is 36.7 Å². The molecule has 0 aromatic heterocycles. The monoisotopic (exact) mass is 265 g/mol. The first-order chi connectivity index (χ1) is 6.47. The van der Waals surface area contributed by atoms with Crippen molar-refractivity contribution in [1.82, 2.24) is 5.32 Å². The molecule has 0 radical (unpaired) electrons. The maximum Gasteiger partial charge on any atom is 0.326 e. The molecule has 14 heavy (non-hydrogen) atoms. The summed E-state index contributed by atoms with van der Waals surface area (Å²) in [6.07, 6.45) is 0.144. The molecule has 1 amide bonds. The highest BCUT2D eigenvalue weighted by Crippen LogP contribution is 2.09. The van der Waals surface area contributed by atoms with E-state index in [0.717, 1.165) is 0 Å². The summed E-state index contributed by atoms with van der Waals surface area (Å²) in [6, 6.07) is -0.968. The normalized spacial score (nSPS) is 11.9. The second-order valence-electron chi connectivity index (χ2n) is 2.61. The third-order valence-corrected chi connectivity index (χ3v) is 1.66. The predicted molar refractivity (Wildman–Crippen MR) is 54.1 cm³/mol. The van der Waals surface area contributed by atoms with Gasteiger partial charge in [-0.25, -0.2) is 4.79 Å². The summed E-state index contributed by atoms with van der Waals surface area (Å²) >= 11 is 3.03. The van der Waals surface area contributed by atoms with Gasteiger partial charge in [0.1, 0.15) is 12.6 Å². The Morgan fingerprint density at radius 1 is 1.64 bits per heavy atom. The second kappa shape index (κ2) is 6.56. The smallest absolute Gasteiger partial charge is 0.326 e. The maximum absolute atomic E-state index is 11.0. The van der Waals surface area contributed by atoms with Crippen LogP contribution in [0.5, 0.6) is 0 Å². The average molecular weight is 266 g/mol. The van der Waals surface area contributed by atoms with Gasteiger partial charge in [-0.2, -0.15) is 0 Å². The molecule has 0 spiro atoms. The molecular formula is C8H12BrNO4. The molecule has 0 heterocycles. The van der Waals surface area contributed by atoms with Crippen LogP contribution in [0.15, 0.2) is 11.1 Å². The van der Waals surface area contributed by atoms with Gasteiger partial charge in [-0.05, 0) is 4.48 Å². The van der Waals surface area contributed by atoms with E-state index in [0.29, 0.717) is 4.48 Å². The van der Waals surface area contributed by atoms with Gasteiger partial charge in [-0.15, -0.1) is 0 Å². The minimum atomic E-state index is -1.10. The van der Waals surface area contributed by atoms with Crippen LogP contribution in [0.3, 0.4) is 0 Å².